The molecule has 0 fully saturated rings. The maximum Gasteiger partial charge on any atom is 0.308 e. The second kappa shape index (κ2) is 7.22. The van der Waals surface area contributed by atoms with Crippen molar-refractivity contribution in [2.75, 3.05) is 12.3 Å². The summed E-state index contributed by atoms with van der Waals surface area (Å²) in [5.74, 6) is 0. The van der Waals surface area contributed by atoms with Crippen LogP contribution in [0.3, 0.4) is 0 Å². The highest BCUT2D eigenvalue weighted by atomic mass is 31.1. The molecule has 0 heterocycles. The molecule has 0 bridgehead atoms. The summed E-state index contributed by atoms with van der Waals surface area (Å²) in [6.45, 7) is 2.06. The second-order valence-electron chi connectivity index (χ2n) is 4.54. The molecule has 18 heavy (non-hydrogen) atoms. The highest BCUT2D eigenvalue weighted by molar-refractivity contribution is 7.37. The van der Waals surface area contributed by atoms with Gasteiger partial charge in [-0.2, -0.15) is 0 Å². The fourth-order valence-electron chi connectivity index (χ4n) is 1.93. The Bertz CT molecular complexity index is 406. The van der Waals surface area contributed by atoms with Gasteiger partial charge in [0.1, 0.15) is 12.3 Å². The molecule has 0 radical (unpaired) electrons. The van der Waals surface area contributed by atoms with Gasteiger partial charge in [0, 0.05) is 0 Å². The largest absolute Gasteiger partial charge is 0.596 e. The average molecular weight is 302 g/mol. The highest BCUT2D eigenvalue weighted by Gasteiger charge is 2.32. The molecule has 0 aliphatic carbocycles. The minimum absolute atomic E-state index is 0.141. The Morgan fingerprint density at radius 2 is 1.44 bits per heavy atom. The second-order valence-corrected chi connectivity index (χ2v) is 11.5. The molecule has 1 aromatic rings. The van der Waals surface area contributed by atoms with E-state index in [-0.39, 0.29) is 12.3 Å². The van der Waals surface area contributed by atoms with Crippen molar-refractivity contribution >= 4 is 29.3 Å². The average Bonchev–Trinajstić information content (AvgIpc) is 2.35. The summed E-state index contributed by atoms with van der Waals surface area (Å²) < 4.78 is 21.5. The zero-order chi connectivity index (χ0) is 13.6. The van der Waals surface area contributed by atoms with E-state index < -0.39 is 24.1 Å². The van der Waals surface area contributed by atoms with E-state index in [4.69, 9.17) is 0 Å². The van der Waals surface area contributed by atoms with E-state index >= 15 is 0 Å². The Labute approximate surface area is 110 Å². The molecule has 0 N–H and O–H groups in total. The van der Waals surface area contributed by atoms with Gasteiger partial charge in [-0.15, -0.1) is 0 Å². The third-order valence-electron chi connectivity index (χ3n) is 3.16. The molecule has 4 nitrogen and oxygen atoms in total. The van der Waals surface area contributed by atoms with Crippen LogP contribution in [0, 0.1) is 0 Å². The molecule has 2 atom stereocenters. The van der Waals surface area contributed by atoms with Crippen LogP contribution in [0.5, 0.6) is 0 Å². The normalized spacial score (nSPS) is 15.9. The lowest BCUT2D eigenvalue weighted by Gasteiger charge is -2.25. The van der Waals surface area contributed by atoms with Gasteiger partial charge in [-0.3, -0.25) is 0 Å². The fourth-order valence-corrected chi connectivity index (χ4v) is 9.16. The Hall–Kier alpha value is -0.443. The van der Waals surface area contributed by atoms with Gasteiger partial charge in [-0.1, -0.05) is 51.2 Å². The lowest BCUT2D eigenvalue weighted by Crippen LogP contribution is -2.45. The fraction of sp³-hybridized carbons (Fsp3) is 0.455. The molecule has 0 aromatic heterocycles. The van der Waals surface area contributed by atoms with Crippen molar-refractivity contribution < 1.29 is 18.9 Å². The van der Waals surface area contributed by atoms with Crippen molar-refractivity contribution in [3.05, 3.63) is 30.3 Å². The van der Waals surface area contributed by atoms with Crippen LogP contribution in [0.1, 0.15) is 0 Å². The van der Waals surface area contributed by atoms with Crippen molar-refractivity contribution in [3.63, 3.8) is 0 Å². The topological polar surface area (TPSA) is 80.3 Å². The minimum Gasteiger partial charge on any atom is -0.596 e. The monoisotopic (exact) mass is 302 g/mol. The van der Waals surface area contributed by atoms with Crippen LogP contribution in [-0.2, 0) is 9.13 Å². The van der Waals surface area contributed by atoms with E-state index in [1.165, 1.54) is 0 Å². The van der Waals surface area contributed by atoms with Gasteiger partial charge in [-0.25, -0.2) is 0 Å². The first kappa shape index (κ1) is 15.6. The van der Waals surface area contributed by atoms with Gasteiger partial charge >= 0.3 is 16.1 Å². The van der Waals surface area contributed by atoms with Crippen LogP contribution in [0.2, 0.25) is 18.6 Å². The van der Waals surface area contributed by atoms with E-state index in [2.05, 4.69) is 6.55 Å². The van der Waals surface area contributed by atoms with Gasteiger partial charge in [0.2, 0.25) is 0 Å². The van der Waals surface area contributed by atoms with E-state index in [0.29, 0.717) is 12.1 Å². The molecule has 2 unspecified atom stereocenters. The van der Waals surface area contributed by atoms with Gasteiger partial charge in [0.25, 0.3) is 0 Å². The van der Waals surface area contributed by atoms with Crippen molar-refractivity contribution in [2.45, 2.75) is 18.6 Å². The highest BCUT2D eigenvalue weighted by Crippen LogP contribution is 2.24. The van der Waals surface area contributed by atoms with Crippen molar-refractivity contribution in [2.24, 2.45) is 0 Å². The summed E-state index contributed by atoms with van der Waals surface area (Å²) in [7, 11) is -6.81. The summed E-state index contributed by atoms with van der Waals surface area (Å²) in [5.41, 5.74) is 0. The molecule has 0 saturated heterocycles. The zero-order valence-electron chi connectivity index (χ0n) is 10.2. The summed E-state index contributed by atoms with van der Waals surface area (Å²) in [5, 5.41) is 1.12. The maximum atomic E-state index is 10.8. The van der Waals surface area contributed by atoms with E-state index in [1.54, 1.807) is 0 Å². The third kappa shape index (κ3) is 5.05. The van der Waals surface area contributed by atoms with Crippen LogP contribution < -0.4 is 15.0 Å². The van der Waals surface area contributed by atoms with Crippen molar-refractivity contribution in [1.29, 1.82) is 0 Å². The standard InChI is InChI=1S/C11H16O4P2Si/c1-18(9-7-16(12)13,10-8-17(14)15)11-5-3-2-4-6-11/h2-6H,7-10H2,1H3. The smallest absolute Gasteiger partial charge is 0.308 e. The number of rotatable bonds is 7. The molecule has 1 aromatic carbocycles. The molecule has 0 aliphatic rings. The van der Waals surface area contributed by atoms with Crippen LogP contribution >= 0.6 is 16.1 Å². The Balaban J connectivity index is 2.86. The first-order valence-corrected chi connectivity index (χ1v) is 11.4. The molecule has 0 amide bonds. The van der Waals surface area contributed by atoms with Gasteiger partial charge in [0.05, 0.1) is 8.07 Å². The molecular weight excluding hydrogens is 286 g/mol. The zero-order valence-corrected chi connectivity index (χ0v) is 13.0. The maximum absolute atomic E-state index is 10.8. The number of benzene rings is 1. The van der Waals surface area contributed by atoms with E-state index in [9.17, 15) is 18.9 Å². The third-order valence-corrected chi connectivity index (χ3v) is 9.62. The Morgan fingerprint density at radius 1 is 1.00 bits per heavy atom. The van der Waals surface area contributed by atoms with Crippen LogP contribution in [0.25, 0.3) is 0 Å². The van der Waals surface area contributed by atoms with Crippen LogP contribution in [-0.4, -0.2) is 20.4 Å². The quantitative estimate of drug-likeness (QED) is 0.559. The molecule has 0 aliphatic heterocycles. The predicted octanol–water partition coefficient (Wildman–Crippen LogP) is 1.18. The number of hydrogen-bond donors (Lipinski definition) is 0. The lowest BCUT2D eigenvalue weighted by molar-refractivity contribution is -0.164. The molecule has 98 valence electrons. The first-order valence-electron chi connectivity index (χ1n) is 5.73. The summed E-state index contributed by atoms with van der Waals surface area (Å²) in [4.78, 5) is 21.5. The molecule has 1 rings (SSSR count). The SMILES string of the molecule is C[Si](CC[P+](=O)[O-])(CC[P+](=O)[O-])c1ccccc1. The van der Waals surface area contributed by atoms with Crippen molar-refractivity contribution in [3.8, 4) is 0 Å². The molecule has 7 heteroatoms. The summed E-state index contributed by atoms with van der Waals surface area (Å²) in [6.07, 6.45) is 0.283. The minimum atomic E-state index is -2.40. The first-order chi connectivity index (χ1) is 8.44. The van der Waals surface area contributed by atoms with Crippen molar-refractivity contribution in [1.82, 2.24) is 0 Å². The molecule has 0 spiro atoms. The Kier molecular flexibility index (Phi) is 6.26. The Morgan fingerprint density at radius 3 is 1.83 bits per heavy atom. The van der Waals surface area contributed by atoms with Gasteiger partial charge in [-0.05, 0) is 12.1 Å². The summed E-state index contributed by atoms with van der Waals surface area (Å²) >= 11 is 0. The summed E-state index contributed by atoms with van der Waals surface area (Å²) in [6, 6.07) is 10.8. The van der Waals surface area contributed by atoms with Gasteiger partial charge < -0.3 is 9.79 Å². The number of hydrogen-bond acceptors (Lipinski definition) is 4. The van der Waals surface area contributed by atoms with Gasteiger partial charge in [0.15, 0.2) is 0 Å². The van der Waals surface area contributed by atoms with Crippen LogP contribution in [0.15, 0.2) is 30.3 Å². The van der Waals surface area contributed by atoms with E-state index in [1.807, 2.05) is 30.3 Å². The van der Waals surface area contributed by atoms with Crippen LogP contribution in [0.4, 0.5) is 0 Å². The predicted molar refractivity (Wildman–Crippen MR) is 72.3 cm³/mol. The lowest BCUT2D eigenvalue weighted by atomic mass is 10.4. The van der Waals surface area contributed by atoms with E-state index in [0.717, 1.165) is 5.19 Å². The molecular formula is C11H16O4P2Si. The molecule has 0 saturated carbocycles.